The van der Waals surface area contributed by atoms with Gasteiger partial charge in [-0.1, -0.05) is 0 Å². The van der Waals surface area contributed by atoms with Crippen molar-refractivity contribution in [1.82, 2.24) is 0 Å². The minimum absolute atomic E-state index is 0.0155. The Labute approximate surface area is 114 Å². The fourth-order valence-corrected chi connectivity index (χ4v) is 3.17. The number of rotatable bonds is 2. The van der Waals surface area contributed by atoms with Gasteiger partial charge in [0.05, 0.1) is 24.3 Å². The summed E-state index contributed by atoms with van der Waals surface area (Å²) in [7, 11) is 0. The highest BCUT2D eigenvalue weighted by Gasteiger charge is 2.38. The lowest BCUT2D eigenvalue weighted by molar-refractivity contribution is 0.0251. The number of fused-ring (bicyclic) bond motifs is 1. The number of carboxylic acids is 1. The summed E-state index contributed by atoms with van der Waals surface area (Å²) in [5.41, 5.74) is -0.504. The molecule has 1 N–H and O–H groups in total. The first-order valence-electron chi connectivity index (χ1n) is 6.68. The van der Waals surface area contributed by atoms with E-state index in [1.807, 2.05) is 0 Å². The number of halogens is 2. The Bertz CT molecular complexity index is 526. The molecule has 4 nitrogen and oxygen atoms in total. The molecule has 2 fully saturated rings. The van der Waals surface area contributed by atoms with Crippen LogP contribution in [0, 0.1) is 11.6 Å². The number of carboxylic acid groups (broad SMARTS) is 1. The van der Waals surface area contributed by atoms with E-state index in [9.17, 15) is 13.6 Å². The average molecular weight is 283 g/mol. The van der Waals surface area contributed by atoms with Crippen LogP contribution in [0.15, 0.2) is 12.1 Å². The van der Waals surface area contributed by atoms with E-state index in [4.69, 9.17) is 9.84 Å². The van der Waals surface area contributed by atoms with Crippen LogP contribution >= 0.6 is 0 Å². The van der Waals surface area contributed by atoms with Crippen molar-refractivity contribution in [3.05, 3.63) is 29.3 Å². The van der Waals surface area contributed by atoms with Gasteiger partial charge in [-0.3, -0.25) is 0 Å². The maximum atomic E-state index is 14.1. The molecule has 2 unspecified atom stereocenters. The number of nitrogens with zero attached hydrogens (tertiary/aromatic N) is 1. The third-order valence-electron chi connectivity index (χ3n) is 4.03. The van der Waals surface area contributed by atoms with Crippen LogP contribution in [0.3, 0.4) is 0 Å². The summed E-state index contributed by atoms with van der Waals surface area (Å²) in [5, 5.41) is 8.82. The molecule has 1 aromatic rings. The zero-order valence-electron chi connectivity index (χ0n) is 10.8. The van der Waals surface area contributed by atoms with E-state index in [2.05, 4.69) is 0 Å². The summed E-state index contributed by atoms with van der Waals surface area (Å²) >= 11 is 0. The van der Waals surface area contributed by atoms with E-state index >= 15 is 0 Å². The molecular formula is C14H15F2NO3. The number of hydrogen-bond donors (Lipinski definition) is 1. The molecule has 2 atom stereocenters. The predicted molar refractivity (Wildman–Crippen MR) is 68.0 cm³/mol. The van der Waals surface area contributed by atoms with Crippen molar-refractivity contribution in [2.24, 2.45) is 0 Å². The summed E-state index contributed by atoms with van der Waals surface area (Å²) in [6.45, 7) is 0.849. The molecule has 0 amide bonds. The van der Waals surface area contributed by atoms with Crippen LogP contribution in [0.1, 0.15) is 29.6 Å². The number of ether oxygens (including phenoxy) is 1. The third kappa shape index (κ3) is 2.14. The lowest BCUT2D eigenvalue weighted by Gasteiger charge is -2.39. The maximum Gasteiger partial charge on any atom is 0.335 e. The van der Waals surface area contributed by atoms with E-state index in [1.54, 1.807) is 4.90 Å². The van der Waals surface area contributed by atoms with Crippen molar-refractivity contribution in [2.75, 3.05) is 18.1 Å². The van der Waals surface area contributed by atoms with Gasteiger partial charge in [-0.25, -0.2) is 13.6 Å². The number of anilines is 1. The molecule has 1 saturated carbocycles. The van der Waals surface area contributed by atoms with E-state index < -0.39 is 17.6 Å². The number of morpholine rings is 1. The van der Waals surface area contributed by atoms with Gasteiger partial charge in [-0.15, -0.1) is 0 Å². The molecule has 0 radical (unpaired) electrons. The number of benzene rings is 1. The number of carbonyl (C=O) groups is 1. The second kappa shape index (κ2) is 5.01. The van der Waals surface area contributed by atoms with Gasteiger partial charge in [0.1, 0.15) is 17.3 Å². The first-order chi connectivity index (χ1) is 9.58. The Morgan fingerprint density at radius 1 is 1.30 bits per heavy atom. The molecule has 20 heavy (non-hydrogen) atoms. The largest absolute Gasteiger partial charge is 0.478 e. The molecule has 0 aromatic heterocycles. The molecule has 0 spiro atoms. The summed E-state index contributed by atoms with van der Waals surface area (Å²) in [5.74, 6) is -2.99. The molecule has 1 saturated heterocycles. The van der Waals surface area contributed by atoms with Crippen LogP contribution in [0.4, 0.5) is 14.5 Å². The van der Waals surface area contributed by atoms with Crippen LogP contribution in [-0.2, 0) is 4.74 Å². The van der Waals surface area contributed by atoms with Crippen molar-refractivity contribution in [3.63, 3.8) is 0 Å². The lowest BCUT2D eigenvalue weighted by atomic mass is 10.1. The Kier molecular flexibility index (Phi) is 3.33. The van der Waals surface area contributed by atoms with Gasteiger partial charge in [-0.05, 0) is 31.4 Å². The molecular weight excluding hydrogens is 268 g/mol. The van der Waals surface area contributed by atoms with Crippen molar-refractivity contribution in [2.45, 2.75) is 31.4 Å². The van der Waals surface area contributed by atoms with Gasteiger partial charge in [0.15, 0.2) is 0 Å². The summed E-state index contributed by atoms with van der Waals surface area (Å²) < 4.78 is 33.9. The quantitative estimate of drug-likeness (QED) is 0.905. The highest BCUT2D eigenvalue weighted by Crippen LogP contribution is 2.35. The first-order valence-corrected chi connectivity index (χ1v) is 6.68. The third-order valence-corrected chi connectivity index (χ3v) is 4.03. The molecule has 1 heterocycles. The standard InChI is InChI=1S/C14H15F2NO3/c15-9-6-8(14(18)19)7-10(16)13(9)17-4-5-20-12-3-1-2-11(12)17/h6-7,11-12H,1-5H2,(H,18,19). The van der Waals surface area contributed by atoms with Crippen LogP contribution in [-0.4, -0.2) is 36.4 Å². The second-order valence-corrected chi connectivity index (χ2v) is 5.19. The van der Waals surface area contributed by atoms with Crippen molar-refractivity contribution in [3.8, 4) is 0 Å². The van der Waals surface area contributed by atoms with E-state index in [0.717, 1.165) is 31.4 Å². The second-order valence-electron chi connectivity index (χ2n) is 5.19. The Balaban J connectivity index is 1.99. The van der Waals surface area contributed by atoms with Crippen LogP contribution in [0.2, 0.25) is 0 Å². The minimum Gasteiger partial charge on any atom is -0.478 e. The molecule has 0 bridgehead atoms. The van der Waals surface area contributed by atoms with E-state index in [-0.39, 0.29) is 23.4 Å². The van der Waals surface area contributed by atoms with Gasteiger partial charge in [-0.2, -0.15) is 0 Å². The molecule has 2 aliphatic rings. The maximum absolute atomic E-state index is 14.1. The highest BCUT2D eigenvalue weighted by molar-refractivity contribution is 5.88. The lowest BCUT2D eigenvalue weighted by Crippen LogP contribution is -2.49. The Hall–Kier alpha value is -1.69. The Morgan fingerprint density at radius 3 is 2.65 bits per heavy atom. The van der Waals surface area contributed by atoms with Crippen LogP contribution in [0.25, 0.3) is 0 Å². The summed E-state index contributed by atoms with van der Waals surface area (Å²) in [6.07, 6.45) is 2.73. The smallest absolute Gasteiger partial charge is 0.335 e. The average Bonchev–Trinajstić information content (AvgIpc) is 2.86. The summed E-state index contributed by atoms with van der Waals surface area (Å²) in [4.78, 5) is 12.5. The van der Waals surface area contributed by atoms with E-state index in [0.29, 0.717) is 13.2 Å². The zero-order chi connectivity index (χ0) is 14.3. The van der Waals surface area contributed by atoms with Crippen molar-refractivity contribution in [1.29, 1.82) is 0 Å². The molecule has 3 rings (SSSR count). The summed E-state index contributed by atoms with van der Waals surface area (Å²) in [6, 6.07) is 1.73. The highest BCUT2D eigenvalue weighted by atomic mass is 19.1. The van der Waals surface area contributed by atoms with Gasteiger partial charge in [0.25, 0.3) is 0 Å². The van der Waals surface area contributed by atoms with Crippen molar-refractivity contribution < 1.29 is 23.4 Å². The molecule has 1 aliphatic carbocycles. The topological polar surface area (TPSA) is 49.8 Å². The van der Waals surface area contributed by atoms with Gasteiger partial charge in [0, 0.05) is 6.54 Å². The fraction of sp³-hybridized carbons (Fsp3) is 0.500. The van der Waals surface area contributed by atoms with Crippen LogP contribution < -0.4 is 4.90 Å². The number of aromatic carboxylic acids is 1. The monoisotopic (exact) mass is 283 g/mol. The number of hydrogen-bond acceptors (Lipinski definition) is 3. The molecule has 1 aromatic carbocycles. The van der Waals surface area contributed by atoms with E-state index in [1.165, 1.54) is 0 Å². The Morgan fingerprint density at radius 2 is 2.00 bits per heavy atom. The fourth-order valence-electron chi connectivity index (χ4n) is 3.17. The minimum atomic E-state index is -1.34. The molecule has 108 valence electrons. The normalized spacial score (nSPS) is 25.6. The molecule has 1 aliphatic heterocycles. The van der Waals surface area contributed by atoms with Crippen LogP contribution in [0.5, 0.6) is 0 Å². The van der Waals surface area contributed by atoms with Gasteiger partial charge in [0.2, 0.25) is 0 Å². The first kappa shape index (κ1) is 13.3. The zero-order valence-corrected chi connectivity index (χ0v) is 10.8. The molecule has 6 heteroatoms. The SMILES string of the molecule is O=C(O)c1cc(F)c(N2CCOC3CCCC32)c(F)c1. The van der Waals surface area contributed by atoms with Crippen molar-refractivity contribution >= 4 is 11.7 Å². The van der Waals surface area contributed by atoms with Gasteiger partial charge < -0.3 is 14.7 Å². The van der Waals surface area contributed by atoms with Gasteiger partial charge >= 0.3 is 5.97 Å². The predicted octanol–water partition coefficient (Wildman–Crippen LogP) is 2.42.